The minimum Gasteiger partial charge on any atom is -0.375 e. The quantitative estimate of drug-likeness (QED) is 0.469. The Bertz CT molecular complexity index is 1110. The summed E-state index contributed by atoms with van der Waals surface area (Å²) in [5.41, 5.74) is 1.96. The van der Waals surface area contributed by atoms with E-state index in [-0.39, 0.29) is 17.9 Å². The van der Waals surface area contributed by atoms with Gasteiger partial charge in [0, 0.05) is 25.6 Å². The second-order valence-electron chi connectivity index (χ2n) is 11.0. The molecule has 0 spiro atoms. The van der Waals surface area contributed by atoms with E-state index < -0.39 is 5.60 Å². The summed E-state index contributed by atoms with van der Waals surface area (Å²) in [6.45, 7) is 2.75. The Morgan fingerprint density at radius 2 is 1.33 bits per heavy atom. The van der Waals surface area contributed by atoms with Gasteiger partial charge in [-0.05, 0) is 47.3 Å². The summed E-state index contributed by atoms with van der Waals surface area (Å²) in [7, 11) is 0. The van der Waals surface area contributed by atoms with E-state index in [9.17, 15) is 9.90 Å². The van der Waals surface area contributed by atoms with Crippen molar-refractivity contribution in [3.8, 4) is 0 Å². The van der Waals surface area contributed by atoms with Gasteiger partial charge in [0.2, 0.25) is 0 Å². The van der Waals surface area contributed by atoms with Crippen molar-refractivity contribution in [3.63, 3.8) is 0 Å². The summed E-state index contributed by atoms with van der Waals surface area (Å²) in [6, 6.07) is 31.4. The number of hydrogen-bond acceptors (Lipinski definition) is 3. The van der Waals surface area contributed by atoms with Gasteiger partial charge < -0.3 is 10.4 Å². The van der Waals surface area contributed by atoms with Crippen molar-refractivity contribution in [3.05, 3.63) is 108 Å². The van der Waals surface area contributed by atoms with Gasteiger partial charge in [0.05, 0.1) is 6.04 Å². The average molecular weight is 481 g/mol. The van der Waals surface area contributed by atoms with Crippen molar-refractivity contribution < 1.29 is 9.90 Å². The number of likely N-dealkylation sites (tertiary alicyclic amines) is 1. The maximum absolute atomic E-state index is 13.5. The molecular formula is C32H36N2O2. The third kappa shape index (κ3) is 4.27. The molecule has 3 aromatic rings. The van der Waals surface area contributed by atoms with Crippen molar-refractivity contribution in [1.29, 1.82) is 0 Å². The highest BCUT2D eigenvalue weighted by Crippen LogP contribution is 2.54. The van der Waals surface area contributed by atoms with Gasteiger partial charge in [0.25, 0.3) is 5.91 Å². The first-order valence-electron chi connectivity index (χ1n) is 13.6. The molecule has 2 N–H and O–H groups in total. The number of benzene rings is 3. The van der Waals surface area contributed by atoms with Crippen LogP contribution >= 0.6 is 0 Å². The SMILES string of the molecule is O=C(NCC1C2CN(C(c3ccccc3)c3ccccc3)CC12)C(O)(c1ccccc1)C1CCCC1. The van der Waals surface area contributed by atoms with Gasteiger partial charge in [0.15, 0.2) is 5.60 Å². The standard InChI is InChI=1S/C32H36N2O2/c35-31(32(36,26-18-10-11-19-26)25-16-8-3-9-17-25)33-20-27-28-21-34(22-29(27)28)30(23-12-4-1-5-13-23)24-14-6-2-7-15-24/h1-9,12-17,26-30,36H,10-11,18-22H2,(H,33,35). The van der Waals surface area contributed by atoms with E-state index in [1.807, 2.05) is 30.3 Å². The van der Waals surface area contributed by atoms with Gasteiger partial charge in [-0.15, -0.1) is 0 Å². The molecule has 3 aromatic carbocycles. The fourth-order valence-electron chi connectivity index (χ4n) is 7.01. The number of fused-ring (bicyclic) bond motifs is 1. The third-order valence-electron chi connectivity index (χ3n) is 9.00. The molecule has 4 heteroatoms. The fraction of sp³-hybridized carbons (Fsp3) is 0.406. The molecule has 3 atom stereocenters. The monoisotopic (exact) mass is 480 g/mol. The molecule has 36 heavy (non-hydrogen) atoms. The van der Waals surface area contributed by atoms with Crippen molar-refractivity contribution in [2.24, 2.45) is 23.7 Å². The lowest BCUT2D eigenvalue weighted by Gasteiger charge is -2.33. The van der Waals surface area contributed by atoms with Gasteiger partial charge in [-0.2, -0.15) is 0 Å². The van der Waals surface area contributed by atoms with Crippen LogP contribution < -0.4 is 5.32 Å². The number of aliphatic hydroxyl groups is 1. The van der Waals surface area contributed by atoms with Crippen LogP contribution in [0.5, 0.6) is 0 Å². The first kappa shape index (κ1) is 23.4. The maximum atomic E-state index is 13.5. The Kier molecular flexibility index (Phi) is 6.41. The minimum atomic E-state index is -1.43. The highest BCUT2D eigenvalue weighted by Gasteiger charge is 2.57. The van der Waals surface area contributed by atoms with Crippen LogP contribution in [0.3, 0.4) is 0 Å². The molecule has 6 rings (SSSR count). The summed E-state index contributed by atoms with van der Waals surface area (Å²) in [5.74, 6) is 1.49. The molecular weight excluding hydrogens is 444 g/mol. The summed E-state index contributed by atoms with van der Waals surface area (Å²) >= 11 is 0. The number of nitrogens with one attached hydrogen (secondary N) is 1. The number of piperidine rings is 1. The van der Waals surface area contributed by atoms with Gasteiger partial charge in [-0.3, -0.25) is 9.69 Å². The second kappa shape index (κ2) is 9.84. The first-order chi connectivity index (χ1) is 17.7. The molecule has 1 heterocycles. The molecule has 0 radical (unpaired) electrons. The Hall–Kier alpha value is -2.95. The number of carbonyl (C=O) groups excluding carboxylic acids is 1. The lowest BCUT2D eigenvalue weighted by atomic mass is 9.79. The van der Waals surface area contributed by atoms with E-state index in [0.29, 0.717) is 24.3 Å². The van der Waals surface area contributed by atoms with Gasteiger partial charge in [0.1, 0.15) is 0 Å². The zero-order valence-electron chi connectivity index (χ0n) is 20.8. The van der Waals surface area contributed by atoms with Crippen molar-refractivity contribution in [2.75, 3.05) is 19.6 Å². The zero-order valence-corrected chi connectivity index (χ0v) is 20.8. The molecule has 3 fully saturated rings. The minimum absolute atomic E-state index is 0.00778. The molecule has 0 aromatic heterocycles. The molecule has 4 nitrogen and oxygen atoms in total. The van der Waals surface area contributed by atoms with Crippen LogP contribution in [0.25, 0.3) is 0 Å². The van der Waals surface area contributed by atoms with Gasteiger partial charge in [-0.1, -0.05) is 104 Å². The molecule has 1 saturated heterocycles. The Morgan fingerprint density at radius 1 is 0.833 bits per heavy atom. The van der Waals surface area contributed by atoms with Crippen LogP contribution in [0, 0.1) is 23.7 Å². The molecule has 3 aliphatic rings. The van der Waals surface area contributed by atoms with Crippen LogP contribution in [0.4, 0.5) is 0 Å². The normalized spacial score (nSPS) is 25.4. The predicted molar refractivity (Wildman–Crippen MR) is 142 cm³/mol. The molecule has 3 unspecified atom stereocenters. The summed E-state index contributed by atoms with van der Waals surface area (Å²) in [4.78, 5) is 16.1. The average Bonchev–Trinajstić information content (AvgIpc) is 3.31. The van der Waals surface area contributed by atoms with E-state index in [2.05, 4.69) is 70.9 Å². The Balaban J connectivity index is 1.12. The molecule has 1 aliphatic heterocycles. The summed E-state index contributed by atoms with van der Waals surface area (Å²) in [5, 5.41) is 14.9. The Labute approximate surface area is 214 Å². The third-order valence-corrected chi connectivity index (χ3v) is 9.00. The number of hydrogen-bond donors (Lipinski definition) is 2. The van der Waals surface area contributed by atoms with Crippen LogP contribution in [-0.4, -0.2) is 35.5 Å². The predicted octanol–water partition coefficient (Wildman–Crippen LogP) is 5.15. The fourth-order valence-corrected chi connectivity index (χ4v) is 7.01. The van der Waals surface area contributed by atoms with E-state index in [0.717, 1.165) is 44.3 Å². The summed E-state index contributed by atoms with van der Waals surface area (Å²) in [6.07, 6.45) is 3.98. The van der Waals surface area contributed by atoms with Crippen LogP contribution in [0.2, 0.25) is 0 Å². The second-order valence-corrected chi connectivity index (χ2v) is 11.0. The number of amides is 1. The summed E-state index contributed by atoms with van der Waals surface area (Å²) < 4.78 is 0. The first-order valence-corrected chi connectivity index (χ1v) is 13.6. The van der Waals surface area contributed by atoms with Crippen molar-refractivity contribution >= 4 is 5.91 Å². The van der Waals surface area contributed by atoms with Crippen LogP contribution in [0.1, 0.15) is 48.4 Å². The molecule has 1 amide bonds. The van der Waals surface area contributed by atoms with Crippen LogP contribution in [-0.2, 0) is 10.4 Å². The van der Waals surface area contributed by atoms with E-state index in [1.165, 1.54) is 11.1 Å². The zero-order chi connectivity index (χ0) is 24.5. The van der Waals surface area contributed by atoms with Crippen LogP contribution in [0.15, 0.2) is 91.0 Å². The topological polar surface area (TPSA) is 52.6 Å². The maximum Gasteiger partial charge on any atom is 0.256 e. The van der Waals surface area contributed by atoms with Crippen molar-refractivity contribution in [2.45, 2.75) is 37.3 Å². The highest BCUT2D eigenvalue weighted by atomic mass is 16.3. The smallest absolute Gasteiger partial charge is 0.256 e. The molecule has 2 saturated carbocycles. The van der Waals surface area contributed by atoms with Gasteiger partial charge in [-0.25, -0.2) is 0 Å². The number of rotatable bonds is 8. The molecule has 2 aliphatic carbocycles. The molecule has 186 valence electrons. The van der Waals surface area contributed by atoms with Crippen molar-refractivity contribution in [1.82, 2.24) is 10.2 Å². The number of carbonyl (C=O) groups is 1. The lowest BCUT2D eigenvalue weighted by molar-refractivity contribution is -0.147. The van der Waals surface area contributed by atoms with E-state index in [1.54, 1.807) is 0 Å². The van der Waals surface area contributed by atoms with E-state index in [4.69, 9.17) is 0 Å². The molecule has 0 bridgehead atoms. The Morgan fingerprint density at radius 3 is 1.86 bits per heavy atom. The largest absolute Gasteiger partial charge is 0.375 e. The lowest BCUT2D eigenvalue weighted by Crippen LogP contribution is -2.49. The van der Waals surface area contributed by atoms with Gasteiger partial charge >= 0.3 is 0 Å². The highest BCUT2D eigenvalue weighted by molar-refractivity contribution is 5.86. The van der Waals surface area contributed by atoms with E-state index >= 15 is 0 Å². The number of nitrogens with zero attached hydrogens (tertiary/aromatic N) is 1.